The standard InChI is InChI=1S/C24H40N2O.C11H14N2O.C10H11ClN2O/c1-3-4-5-6-7-8-9-10-11-12-13-17-20-23-21(2)24(27)25-26(23)22-18-15-14-16-19-22;1-8-4-3-5-10(6-8)13-7-9(2)11(14)12-13;1-7-6-13(12-10(7)14)9-4-2-3-8(11)5-9/h14-16,18-19,21,23H,3-13,17,20H2,1-2H3,(H,25,27);3-6,9H,7H2,1-2H3,(H,12,14);2-5,7H,6H2,1H3,(H,12,14). The Kier molecular flexibility index (Phi) is 18.2. The van der Waals surface area contributed by atoms with Crippen molar-refractivity contribution in [2.24, 2.45) is 17.8 Å². The molecular weight excluding hydrogens is 708 g/mol. The molecule has 3 aromatic carbocycles. The Balaban J connectivity index is 0.000000201. The minimum absolute atomic E-state index is 0.0361. The predicted molar refractivity (Wildman–Crippen MR) is 228 cm³/mol. The first-order valence-electron chi connectivity index (χ1n) is 20.7. The van der Waals surface area contributed by atoms with Crippen molar-refractivity contribution in [3.8, 4) is 0 Å². The lowest BCUT2D eigenvalue weighted by atomic mass is 9.96. The maximum absolute atomic E-state index is 12.1. The number of aryl methyl sites for hydroxylation is 1. The zero-order valence-corrected chi connectivity index (χ0v) is 34.6. The molecule has 3 amide bonds. The monoisotopic (exact) mass is 772 g/mol. The molecule has 0 aromatic heterocycles. The second-order valence-electron chi connectivity index (χ2n) is 15.5. The summed E-state index contributed by atoms with van der Waals surface area (Å²) in [4.78, 5) is 34.7. The van der Waals surface area contributed by atoms with Gasteiger partial charge in [-0.1, -0.05) is 153 Å². The van der Waals surface area contributed by atoms with Crippen molar-refractivity contribution in [2.75, 3.05) is 28.1 Å². The summed E-state index contributed by atoms with van der Waals surface area (Å²) in [5, 5.41) is 6.49. The van der Waals surface area contributed by atoms with Crippen LogP contribution in [0.5, 0.6) is 0 Å². The highest BCUT2D eigenvalue weighted by Crippen LogP contribution is 2.28. The van der Waals surface area contributed by atoms with E-state index in [0.29, 0.717) is 11.6 Å². The number of amides is 3. The van der Waals surface area contributed by atoms with Crippen LogP contribution in [0.25, 0.3) is 0 Å². The molecule has 3 heterocycles. The van der Waals surface area contributed by atoms with E-state index in [1.165, 1.54) is 82.6 Å². The Labute approximate surface area is 335 Å². The minimum Gasteiger partial charge on any atom is -0.285 e. The second kappa shape index (κ2) is 23.0. The summed E-state index contributed by atoms with van der Waals surface area (Å²) in [5.41, 5.74) is 13.0. The SMILES string of the molecule is CC1CN(c2cccc(Cl)c2)NC1=O.CCCCCCCCCCCCCCC1C(C)C(=O)NN1c1ccccc1.Cc1cccc(N2CC(C)C(=O)N2)c1. The summed E-state index contributed by atoms with van der Waals surface area (Å²) in [6.07, 6.45) is 17.5. The number of para-hydroxylation sites is 1. The van der Waals surface area contributed by atoms with Gasteiger partial charge < -0.3 is 0 Å². The molecule has 10 heteroatoms. The number of nitrogens with zero attached hydrogens (tertiary/aromatic N) is 3. The summed E-state index contributed by atoms with van der Waals surface area (Å²) in [6.45, 7) is 11.7. The Morgan fingerprint density at radius 2 is 1.07 bits per heavy atom. The van der Waals surface area contributed by atoms with E-state index in [2.05, 4.69) is 53.3 Å². The summed E-state index contributed by atoms with van der Waals surface area (Å²) in [5.74, 6) is 0.502. The van der Waals surface area contributed by atoms with Crippen LogP contribution in [-0.2, 0) is 14.4 Å². The van der Waals surface area contributed by atoms with Gasteiger partial charge in [-0.15, -0.1) is 0 Å². The topological polar surface area (TPSA) is 97.0 Å². The molecule has 3 aromatic rings. The van der Waals surface area contributed by atoms with Crippen molar-refractivity contribution in [1.29, 1.82) is 0 Å². The van der Waals surface area contributed by atoms with Crippen molar-refractivity contribution in [2.45, 2.75) is 124 Å². The molecule has 3 fully saturated rings. The number of benzene rings is 3. The van der Waals surface area contributed by atoms with Gasteiger partial charge in [0, 0.05) is 5.02 Å². The van der Waals surface area contributed by atoms with Crippen LogP contribution < -0.4 is 31.3 Å². The van der Waals surface area contributed by atoms with Crippen LogP contribution in [-0.4, -0.2) is 36.9 Å². The van der Waals surface area contributed by atoms with Gasteiger partial charge in [0.05, 0.1) is 53.9 Å². The molecule has 3 aliphatic rings. The fraction of sp³-hybridized carbons (Fsp3) is 0.533. The maximum Gasteiger partial charge on any atom is 0.243 e. The molecule has 6 rings (SSSR count). The van der Waals surface area contributed by atoms with Gasteiger partial charge in [-0.05, 0) is 61.4 Å². The van der Waals surface area contributed by atoms with Crippen LogP contribution in [0.15, 0.2) is 78.9 Å². The smallest absolute Gasteiger partial charge is 0.243 e. The van der Waals surface area contributed by atoms with Crippen molar-refractivity contribution in [3.05, 3.63) is 89.4 Å². The Morgan fingerprint density at radius 1 is 0.582 bits per heavy atom. The summed E-state index contributed by atoms with van der Waals surface area (Å²) in [6, 6.07) is 26.1. The number of nitrogens with one attached hydrogen (secondary N) is 3. The van der Waals surface area contributed by atoms with Gasteiger partial charge in [0.15, 0.2) is 0 Å². The van der Waals surface area contributed by atoms with Crippen LogP contribution >= 0.6 is 11.6 Å². The third-order valence-electron chi connectivity index (χ3n) is 10.7. The first kappa shape index (κ1) is 43.5. The molecule has 0 saturated carbocycles. The van der Waals surface area contributed by atoms with Crippen LogP contribution in [0, 0.1) is 24.7 Å². The lowest BCUT2D eigenvalue weighted by Gasteiger charge is -2.27. The highest BCUT2D eigenvalue weighted by molar-refractivity contribution is 6.30. The van der Waals surface area contributed by atoms with Gasteiger partial charge in [0.25, 0.3) is 0 Å². The van der Waals surface area contributed by atoms with E-state index in [1.807, 2.05) is 91.5 Å². The fourth-order valence-corrected chi connectivity index (χ4v) is 7.38. The summed E-state index contributed by atoms with van der Waals surface area (Å²) >= 11 is 5.86. The molecule has 0 bridgehead atoms. The number of carbonyl (C=O) groups is 3. The van der Waals surface area contributed by atoms with Gasteiger partial charge in [-0.2, -0.15) is 0 Å². The molecule has 0 radical (unpaired) electrons. The van der Waals surface area contributed by atoms with Gasteiger partial charge in [-0.3, -0.25) is 45.7 Å². The zero-order valence-electron chi connectivity index (χ0n) is 33.9. The molecule has 3 N–H and O–H groups in total. The molecule has 0 spiro atoms. The summed E-state index contributed by atoms with van der Waals surface area (Å²) < 4.78 is 0. The average Bonchev–Trinajstić information content (AvgIpc) is 3.81. The molecule has 4 atom stereocenters. The largest absolute Gasteiger partial charge is 0.285 e. The van der Waals surface area contributed by atoms with Crippen LogP contribution in [0.1, 0.15) is 117 Å². The minimum atomic E-state index is 0.0361. The molecule has 300 valence electrons. The molecule has 9 nitrogen and oxygen atoms in total. The first-order valence-corrected chi connectivity index (χ1v) is 21.1. The quantitative estimate of drug-likeness (QED) is 0.126. The molecule has 3 saturated heterocycles. The van der Waals surface area contributed by atoms with Crippen LogP contribution in [0.2, 0.25) is 5.02 Å². The van der Waals surface area contributed by atoms with Gasteiger partial charge in [0.1, 0.15) is 0 Å². The fourth-order valence-electron chi connectivity index (χ4n) is 7.19. The van der Waals surface area contributed by atoms with E-state index in [0.717, 1.165) is 30.0 Å². The Hall–Kier alpha value is -4.24. The number of halogens is 1. The zero-order chi connectivity index (χ0) is 39.6. The van der Waals surface area contributed by atoms with E-state index >= 15 is 0 Å². The highest BCUT2D eigenvalue weighted by Gasteiger charge is 2.37. The van der Waals surface area contributed by atoms with E-state index in [9.17, 15) is 14.4 Å². The Morgan fingerprint density at radius 3 is 1.56 bits per heavy atom. The number of anilines is 3. The third-order valence-corrected chi connectivity index (χ3v) is 10.9. The van der Waals surface area contributed by atoms with Crippen molar-refractivity contribution < 1.29 is 14.4 Å². The number of carbonyl (C=O) groups excluding carboxylic acids is 3. The van der Waals surface area contributed by atoms with Crippen molar-refractivity contribution in [3.63, 3.8) is 0 Å². The first-order chi connectivity index (χ1) is 26.6. The molecule has 55 heavy (non-hydrogen) atoms. The molecular formula is C45H65ClN6O3. The Bertz CT molecular complexity index is 1550. The lowest BCUT2D eigenvalue weighted by Crippen LogP contribution is -2.38. The van der Waals surface area contributed by atoms with Crippen molar-refractivity contribution >= 4 is 46.4 Å². The number of hydrazine groups is 3. The van der Waals surface area contributed by atoms with Crippen LogP contribution in [0.3, 0.4) is 0 Å². The normalized spacial score (nSPS) is 20.3. The third kappa shape index (κ3) is 14.1. The summed E-state index contributed by atoms with van der Waals surface area (Å²) in [7, 11) is 0. The van der Waals surface area contributed by atoms with E-state index in [1.54, 1.807) is 0 Å². The van der Waals surface area contributed by atoms with Gasteiger partial charge in [-0.25, -0.2) is 0 Å². The molecule has 0 aliphatic carbocycles. The number of rotatable bonds is 16. The van der Waals surface area contributed by atoms with Gasteiger partial charge in [0.2, 0.25) is 17.7 Å². The number of unbranched alkanes of at least 4 members (excludes halogenated alkanes) is 11. The van der Waals surface area contributed by atoms with Crippen LogP contribution in [0.4, 0.5) is 17.1 Å². The van der Waals surface area contributed by atoms with Gasteiger partial charge >= 0.3 is 0 Å². The number of hydrogen-bond acceptors (Lipinski definition) is 6. The second-order valence-corrected chi connectivity index (χ2v) is 15.9. The van der Waals surface area contributed by atoms with E-state index in [-0.39, 0.29) is 41.5 Å². The number of hydrogen-bond donors (Lipinski definition) is 3. The van der Waals surface area contributed by atoms with Crippen molar-refractivity contribution in [1.82, 2.24) is 16.3 Å². The lowest BCUT2D eigenvalue weighted by molar-refractivity contribution is -0.122. The average molecular weight is 774 g/mol. The molecule has 3 aliphatic heterocycles. The maximum atomic E-state index is 12.1. The molecule has 4 unspecified atom stereocenters. The van der Waals surface area contributed by atoms with E-state index in [4.69, 9.17) is 11.6 Å². The highest BCUT2D eigenvalue weighted by atomic mass is 35.5. The van der Waals surface area contributed by atoms with E-state index < -0.39 is 0 Å². The predicted octanol–water partition coefficient (Wildman–Crippen LogP) is 9.94.